The Morgan fingerprint density at radius 3 is 1.83 bits per heavy atom. The van der Waals surface area contributed by atoms with Crippen LogP contribution >= 0.6 is 0 Å². The molecule has 0 N–H and O–H groups in total. The normalized spacial score (nSPS) is 10.9. The summed E-state index contributed by atoms with van der Waals surface area (Å²) in [5.41, 5.74) is 0. The van der Waals surface area contributed by atoms with E-state index in [1.807, 2.05) is 0 Å². The molecule has 94 valence electrons. The monoisotopic (exact) mass is 268 g/mol. The molecule has 2 rings (SSSR count). The van der Waals surface area contributed by atoms with Gasteiger partial charge >= 0.3 is 10.4 Å². The topological polar surface area (TPSA) is 52.6 Å². The molecule has 4 nitrogen and oxygen atoms in total. The smallest absolute Gasteiger partial charge is 0.353 e. The van der Waals surface area contributed by atoms with E-state index in [1.54, 1.807) is 18.2 Å². The van der Waals surface area contributed by atoms with Crippen molar-refractivity contribution in [1.82, 2.24) is 0 Å². The van der Waals surface area contributed by atoms with Crippen LogP contribution in [-0.4, -0.2) is 8.42 Å². The van der Waals surface area contributed by atoms with Crippen molar-refractivity contribution in [2.45, 2.75) is 0 Å². The number of hydrogen-bond acceptors (Lipinski definition) is 4. The number of halogens is 1. The molecule has 0 fully saturated rings. The lowest BCUT2D eigenvalue weighted by atomic mass is 10.3. The van der Waals surface area contributed by atoms with Gasteiger partial charge in [-0.3, -0.25) is 0 Å². The Bertz CT molecular complexity index is 608. The van der Waals surface area contributed by atoms with Crippen molar-refractivity contribution < 1.29 is 21.2 Å². The Morgan fingerprint density at radius 1 is 0.778 bits per heavy atom. The number of benzene rings is 2. The van der Waals surface area contributed by atoms with Gasteiger partial charge in [0.2, 0.25) is 0 Å². The van der Waals surface area contributed by atoms with Crippen molar-refractivity contribution in [3.63, 3.8) is 0 Å². The Labute approximate surface area is 104 Å². The first-order valence-electron chi connectivity index (χ1n) is 5.00. The van der Waals surface area contributed by atoms with Crippen molar-refractivity contribution in [3.05, 3.63) is 60.4 Å². The molecule has 0 radical (unpaired) electrons. The summed E-state index contributed by atoms with van der Waals surface area (Å²) in [6.45, 7) is 0. The van der Waals surface area contributed by atoms with E-state index in [0.717, 1.165) is 12.1 Å². The van der Waals surface area contributed by atoms with Crippen molar-refractivity contribution in [3.8, 4) is 11.5 Å². The highest BCUT2D eigenvalue weighted by Gasteiger charge is 2.15. The highest BCUT2D eigenvalue weighted by atomic mass is 32.3. The highest BCUT2D eigenvalue weighted by Crippen LogP contribution is 2.17. The van der Waals surface area contributed by atoms with Gasteiger partial charge in [-0.2, -0.15) is 0 Å². The van der Waals surface area contributed by atoms with Gasteiger partial charge in [-0.05, 0) is 36.4 Å². The molecule has 0 amide bonds. The van der Waals surface area contributed by atoms with Crippen LogP contribution in [0.25, 0.3) is 0 Å². The van der Waals surface area contributed by atoms with Crippen LogP contribution < -0.4 is 8.37 Å². The van der Waals surface area contributed by atoms with Gasteiger partial charge < -0.3 is 8.37 Å². The van der Waals surface area contributed by atoms with Gasteiger partial charge in [0.1, 0.15) is 17.3 Å². The van der Waals surface area contributed by atoms with Crippen LogP contribution in [0.1, 0.15) is 0 Å². The second kappa shape index (κ2) is 5.05. The molecule has 0 aliphatic rings. The third-order valence-electron chi connectivity index (χ3n) is 1.95. The third kappa shape index (κ3) is 3.46. The van der Waals surface area contributed by atoms with Crippen molar-refractivity contribution in [2.24, 2.45) is 0 Å². The summed E-state index contributed by atoms with van der Waals surface area (Å²) in [5, 5.41) is 0. The molecule has 2 aromatic rings. The Kier molecular flexibility index (Phi) is 3.47. The van der Waals surface area contributed by atoms with E-state index in [9.17, 15) is 12.8 Å². The third-order valence-corrected chi connectivity index (χ3v) is 2.75. The average Bonchev–Trinajstić information content (AvgIpc) is 2.32. The number of hydrogen-bond donors (Lipinski definition) is 0. The van der Waals surface area contributed by atoms with Crippen LogP contribution in [0.15, 0.2) is 54.6 Å². The van der Waals surface area contributed by atoms with E-state index in [-0.39, 0.29) is 11.5 Å². The molecule has 0 saturated heterocycles. The van der Waals surface area contributed by atoms with Crippen LogP contribution in [-0.2, 0) is 10.4 Å². The zero-order valence-corrected chi connectivity index (χ0v) is 9.93. The zero-order chi connectivity index (χ0) is 13.0. The lowest BCUT2D eigenvalue weighted by Crippen LogP contribution is -2.16. The lowest BCUT2D eigenvalue weighted by Gasteiger charge is -2.07. The molecule has 2 aromatic carbocycles. The first kappa shape index (κ1) is 12.4. The fourth-order valence-electron chi connectivity index (χ4n) is 1.22. The van der Waals surface area contributed by atoms with Crippen LogP contribution in [0.3, 0.4) is 0 Å². The molecule has 6 heteroatoms. The van der Waals surface area contributed by atoms with Crippen molar-refractivity contribution >= 4 is 10.4 Å². The quantitative estimate of drug-likeness (QED) is 0.855. The van der Waals surface area contributed by atoms with Gasteiger partial charge in [0.15, 0.2) is 0 Å². The maximum Gasteiger partial charge on any atom is 0.500 e. The summed E-state index contributed by atoms with van der Waals surface area (Å²) < 4.78 is 45.0. The minimum absolute atomic E-state index is 0.0210. The summed E-state index contributed by atoms with van der Waals surface area (Å²) in [5.74, 6) is -0.365. The predicted octanol–water partition coefficient (Wildman–Crippen LogP) is 2.53. The molecular formula is C12H9FO4S. The standard InChI is InChI=1S/C12H9FO4S/c13-10-6-8-12(9-7-10)17-18(14,15)16-11-4-2-1-3-5-11/h1-9H. The average molecular weight is 268 g/mol. The van der Waals surface area contributed by atoms with Gasteiger partial charge in [0.25, 0.3) is 0 Å². The van der Waals surface area contributed by atoms with Crippen molar-refractivity contribution in [2.75, 3.05) is 0 Å². The van der Waals surface area contributed by atoms with E-state index in [0.29, 0.717) is 0 Å². The molecule has 18 heavy (non-hydrogen) atoms. The number of rotatable bonds is 4. The van der Waals surface area contributed by atoms with Gasteiger partial charge in [-0.25, -0.2) is 4.39 Å². The Balaban J connectivity index is 2.10. The second-order valence-corrected chi connectivity index (χ2v) is 4.49. The molecule has 0 saturated carbocycles. The van der Waals surface area contributed by atoms with E-state index in [1.165, 1.54) is 24.3 Å². The summed E-state index contributed by atoms with van der Waals surface area (Å²) >= 11 is 0. The van der Waals surface area contributed by atoms with Crippen LogP contribution in [0.5, 0.6) is 11.5 Å². The summed E-state index contributed by atoms with van der Waals surface area (Å²) in [6, 6.07) is 12.5. The minimum atomic E-state index is -4.22. The fourth-order valence-corrected chi connectivity index (χ4v) is 1.95. The van der Waals surface area contributed by atoms with Crippen LogP contribution in [0, 0.1) is 5.82 Å². The molecule has 0 unspecified atom stereocenters. The second-order valence-electron chi connectivity index (χ2n) is 3.34. The molecule has 0 aromatic heterocycles. The molecule has 0 bridgehead atoms. The van der Waals surface area contributed by atoms with E-state index in [2.05, 4.69) is 4.18 Å². The van der Waals surface area contributed by atoms with E-state index >= 15 is 0 Å². The first-order valence-corrected chi connectivity index (χ1v) is 6.33. The largest absolute Gasteiger partial charge is 0.500 e. The maximum absolute atomic E-state index is 12.6. The molecule has 0 aliphatic heterocycles. The van der Waals surface area contributed by atoms with Crippen molar-refractivity contribution in [1.29, 1.82) is 0 Å². The maximum atomic E-state index is 12.6. The summed E-state index contributed by atoms with van der Waals surface area (Å²) in [4.78, 5) is 0. The Morgan fingerprint density at radius 2 is 1.28 bits per heavy atom. The van der Waals surface area contributed by atoms with Gasteiger partial charge in [0, 0.05) is 0 Å². The summed E-state index contributed by atoms with van der Waals surface area (Å²) in [7, 11) is -4.22. The lowest BCUT2D eigenvalue weighted by molar-refractivity contribution is 0.392. The van der Waals surface area contributed by atoms with Gasteiger partial charge in [-0.1, -0.05) is 18.2 Å². The molecule has 0 heterocycles. The Hall–Kier alpha value is -2.08. The SMILES string of the molecule is O=S(=O)(Oc1ccccc1)Oc1ccc(F)cc1. The molecule has 0 atom stereocenters. The van der Waals surface area contributed by atoms with Crippen LogP contribution in [0.2, 0.25) is 0 Å². The van der Waals surface area contributed by atoms with E-state index < -0.39 is 16.2 Å². The first-order chi connectivity index (χ1) is 8.55. The summed E-state index contributed by atoms with van der Waals surface area (Å²) in [6.07, 6.45) is 0. The highest BCUT2D eigenvalue weighted by molar-refractivity contribution is 7.82. The van der Waals surface area contributed by atoms with Crippen LogP contribution in [0.4, 0.5) is 4.39 Å². The minimum Gasteiger partial charge on any atom is -0.353 e. The predicted molar refractivity (Wildman–Crippen MR) is 63.0 cm³/mol. The van der Waals surface area contributed by atoms with Gasteiger partial charge in [0.05, 0.1) is 0 Å². The zero-order valence-electron chi connectivity index (χ0n) is 9.12. The van der Waals surface area contributed by atoms with Gasteiger partial charge in [-0.15, -0.1) is 8.42 Å². The fraction of sp³-hybridized carbons (Fsp3) is 0. The number of para-hydroxylation sites is 1. The van der Waals surface area contributed by atoms with E-state index in [4.69, 9.17) is 4.18 Å². The molecule has 0 aliphatic carbocycles. The molecular weight excluding hydrogens is 259 g/mol. The molecule has 0 spiro atoms.